The number of fused-ring (bicyclic) bond motifs is 1. The van der Waals surface area contributed by atoms with Crippen molar-refractivity contribution >= 4 is 22.2 Å². The van der Waals surface area contributed by atoms with E-state index >= 15 is 0 Å². The second kappa shape index (κ2) is 10.2. The molecule has 8 heteroatoms. The second-order valence-corrected chi connectivity index (χ2v) is 10.7. The van der Waals surface area contributed by atoms with Crippen LogP contribution in [0.15, 0.2) is 46.6 Å². The molecular formula is C26H34N6OS. The van der Waals surface area contributed by atoms with Gasteiger partial charge >= 0.3 is 0 Å². The summed E-state index contributed by atoms with van der Waals surface area (Å²) in [6.45, 7) is 11.9. The van der Waals surface area contributed by atoms with E-state index < -0.39 is 0 Å². The van der Waals surface area contributed by atoms with Crippen molar-refractivity contribution in [3.8, 4) is 0 Å². The van der Waals surface area contributed by atoms with Gasteiger partial charge in [-0.15, -0.1) is 16.4 Å². The molecule has 34 heavy (non-hydrogen) atoms. The molecule has 0 unspecified atom stereocenters. The summed E-state index contributed by atoms with van der Waals surface area (Å²) in [6.07, 6.45) is 2.80. The summed E-state index contributed by atoms with van der Waals surface area (Å²) in [4.78, 5) is 19.8. The average Bonchev–Trinajstić information content (AvgIpc) is 3.50. The minimum atomic E-state index is -0.197. The lowest BCUT2D eigenvalue weighted by Crippen LogP contribution is -2.36. The summed E-state index contributed by atoms with van der Waals surface area (Å²) in [5, 5.41) is 16.1. The Balaban J connectivity index is 1.77. The van der Waals surface area contributed by atoms with Gasteiger partial charge in [0.15, 0.2) is 5.82 Å². The number of nitrogens with one attached hydrogen (secondary N) is 1. The van der Waals surface area contributed by atoms with Crippen LogP contribution in [-0.4, -0.2) is 30.1 Å². The first kappa shape index (κ1) is 24.3. The van der Waals surface area contributed by atoms with Gasteiger partial charge in [-0.3, -0.25) is 9.69 Å². The zero-order chi connectivity index (χ0) is 24.3. The summed E-state index contributed by atoms with van der Waals surface area (Å²) in [6, 6.07) is 12.4. The summed E-state index contributed by atoms with van der Waals surface area (Å²) < 4.78 is 1.97. The molecule has 0 amide bonds. The fraction of sp³-hybridized carbons (Fsp3) is 0.462. The number of rotatable bonds is 10. The van der Waals surface area contributed by atoms with E-state index in [1.54, 1.807) is 11.3 Å². The van der Waals surface area contributed by atoms with Gasteiger partial charge in [0, 0.05) is 29.0 Å². The van der Waals surface area contributed by atoms with Gasteiger partial charge in [-0.05, 0) is 78.6 Å². The quantitative estimate of drug-likeness (QED) is 0.322. The first-order valence-electron chi connectivity index (χ1n) is 12.0. The molecule has 1 atom stereocenters. The van der Waals surface area contributed by atoms with Crippen LogP contribution < -0.4 is 5.56 Å². The normalized spacial score (nSPS) is 13.1. The Labute approximate surface area is 204 Å². The van der Waals surface area contributed by atoms with E-state index in [9.17, 15) is 4.79 Å². The molecule has 4 rings (SSSR count). The molecular weight excluding hydrogens is 444 g/mol. The minimum Gasteiger partial charge on any atom is -0.322 e. The highest BCUT2D eigenvalue weighted by Crippen LogP contribution is 2.31. The predicted octanol–water partition coefficient (Wildman–Crippen LogP) is 5.57. The number of nitrogens with zero attached hydrogens (tertiary/aromatic N) is 5. The molecule has 1 N–H and O–H groups in total. The lowest BCUT2D eigenvalue weighted by Gasteiger charge is -2.33. The Morgan fingerprint density at radius 1 is 1.18 bits per heavy atom. The minimum absolute atomic E-state index is 0.0129. The van der Waals surface area contributed by atoms with Crippen LogP contribution >= 0.6 is 11.3 Å². The Morgan fingerprint density at radius 3 is 2.71 bits per heavy atom. The summed E-state index contributed by atoms with van der Waals surface area (Å²) in [7, 11) is 0. The molecule has 4 aromatic rings. The van der Waals surface area contributed by atoms with Crippen molar-refractivity contribution in [2.24, 2.45) is 0 Å². The van der Waals surface area contributed by atoms with Gasteiger partial charge in [-0.1, -0.05) is 38.5 Å². The molecule has 3 aromatic heterocycles. The van der Waals surface area contributed by atoms with Crippen LogP contribution in [-0.2, 0) is 18.6 Å². The Hall–Kier alpha value is -2.84. The molecule has 0 spiro atoms. The molecule has 7 nitrogen and oxygen atoms in total. The third-order valence-corrected chi connectivity index (χ3v) is 7.49. The van der Waals surface area contributed by atoms with Crippen LogP contribution in [0.3, 0.4) is 0 Å². The first-order valence-corrected chi connectivity index (χ1v) is 12.9. The number of benzene rings is 1. The Morgan fingerprint density at radius 2 is 2.00 bits per heavy atom. The van der Waals surface area contributed by atoms with E-state index in [1.807, 2.05) is 23.7 Å². The molecule has 0 fully saturated rings. The van der Waals surface area contributed by atoms with Crippen LogP contribution in [0.25, 0.3) is 10.9 Å². The fourth-order valence-electron chi connectivity index (χ4n) is 4.31. The lowest BCUT2D eigenvalue weighted by molar-refractivity contribution is 0.147. The highest BCUT2D eigenvalue weighted by atomic mass is 32.1. The maximum absolute atomic E-state index is 13.1. The summed E-state index contributed by atoms with van der Waals surface area (Å²) in [5.41, 5.74) is 2.51. The lowest BCUT2D eigenvalue weighted by atomic mass is 10.0. The van der Waals surface area contributed by atoms with E-state index in [0.29, 0.717) is 6.54 Å². The van der Waals surface area contributed by atoms with Crippen molar-refractivity contribution < 1.29 is 0 Å². The molecule has 0 aliphatic heterocycles. The van der Waals surface area contributed by atoms with Crippen LogP contribution in [0.2, 0.25) is 0 Å². The maximum Gasteiger partial charge on any atom is 0.252 e. The zero-order valence-corrected chi connectivity index (χ0v) is 21.5. The molecule has 0 aliphatic rings. The number of tetrazole rings is 1. The van der Waals surface area contributed by atoms with Crippen LogP contribution in [0.5, 0.6) is 0 Å². The van der Waals surface area contributed by atoms with Gasteiger partial charge in [0.25, 0.3) is 5.56 Å². The number of aromatic nitrogens is 5. The second-order valence-electron chi connectivity index (χ2n) is 9.62. The number of hydrogen-bond acceptors (Lipinski definition) is 6. The molecule has 180 valence electrons. The molecule has 0 saturated heterocycles. The van der Waals surface area contributed by atoms with E-state index in [-0.39, 0.29) is 17.1 Å². The van der Waals surface area contributed by atoms with Gasteiger partial charge in [0.05, 0.1) is 11.6 Å². The largest absolute Gasteiger partial charge is 0.322 e. The smallest absolute Gasteiger partial charge is 0.252 e. The van der Waals surface area contributed by atoms with Crippen molar-refractivity contribution in [1.29, 1.82) is 0 Å². The topological polar surface area (TPSA) is 79.7 Å². The van der Waals surface area contributed by atoms with Gasteiger partial charge in [-0.25, -0.2) is 4.68 Å². The van der Waals surface area contributed by atoms with E-state index in [0.717, 1.165) is 53.7 Å². The first-order chi connectivity index (χ1) is 16.3. The zero-order valence-electron chi connectivity index (χ0n) is 20.7. The highest BCUT2D eigenvalue weighted by Gasteiger charge is 2.31. The third-order valence-electron chi connectivity index (χ3n) is 6.62. The monoisotopic (exact) mass is 478 g/mol. The molecule has 0 radical (unpaired) electrons. The standard InChI is InChI=1S/C26H34N6OS/c1-6-9-23(24-28-29-30-32(24)26(4,5)7-2)31(17-21-10-8-13-34-21)16-20-15-19-12-11-18(3)14-22(19)27-25(20)33/h8,10-15,23H,6-7,9,16-17H2,1-5H3,(H,27,33)/t23-/m0/s1. The number of thiophene rings is 1. The van der Waals surface area contributed by atoms with E-state index in [1.165, 1.54) is 4.88 Å². The van der Waals surface area contributed by atoms with Crippen molar-refractivity contribution in [1.82, 2.24) is 30.1 Å². The molecule has 0 aliphatic carbocycles. The molecule has 0 bridgehead atoms. The predicted molar refractivity (Wildman–Crippen MR) is 138 cm³/mol. The van der Waals surface area contributed by atoms with Crippen molar-refractivity contribution in [2.45, 2.75) is 78.6 Å². The van der Waals surface area contributed by atoms with Gasteiger partial charge < -0.3 is 4.98 Å². The summed E-state index contributed by atoms with van der Waals surface area (Å²) >= 11 is 1.73. The number of aryl methyl sites for hydroxylation is 1. The highest BCUT2D eigenvalue weighted by molar-refractivity contribution is 7.09. The van der Waals surface area contributed by atoms with Gasteiger partial charge in [-0.2, -0.15) is 0 Å². The summed E-state index contributed by atoms with van der Waals surface area (Å²) in [5.74, 6) is 0.859. The molecule has 1 aromatic carbocycles. The van der Waals surface area contributed by atoms with Crippen molar-refractivity contribution in [3.63, 3.8) is 0 Å². The van der Waals surface area contributed by atoms with Crippen molar-refractivity contribution in [3.05, 3.63) is 74.0 Å². The van der Waals surface area contributed by atoms with Gasteiger partial charge in [0.2, 0.25) is 0 Å². The van der Waals surface area contributed by atoms with Gasteiger partial charge in [0.1, 0.15) is 0 Å². The van der Waals surface area contributed by atoms with E-state index in [2.05, 4.69) is 82.7 Å². The van der Waals surface area contributed by atoms with Crippen LogP contribution in [0, 0.1) is 6.92 Å². The Bertz CT molecular complexity index is 1290. The van der Waals surface area contributed by atoms with E-state index in [4.69, 9.17) is 0 Å². The average molecular weight is 479 g/mol. The molecule has 3 heterocycles. The maximum atomic E-state index is 13.1. The van der Waals surface area contributed by atoms with Crippen LogP contribution in [0.1, 0.15) is 74.8 Å². The third kappa shape index (κ3) is 5.13. The number of hydrogen-bond donors (Lipinski definition) is 1. The number of H-pyrrole nitrogens is 1. The molecule has 0 saturated carbocycles. The number of aromatic amines is 1. The SMILES string of the molecule is CCC[C@@H](c1nnnn1C(C)(C)CC)N(Cc1cccs1)Cc1cc2ccc(C)cc2[nH]c1=O. The van der Waals surface area contributed by atoms with Crippen molar-refractivity contribution in [2.75, 3.05) is 0 Å². The fourth-order valence-corrected chi connectivity index (χ4v) is 5.04. The Kier molecular flexibility index (Phi) is 7.28. The number of pyridine rings is 1. The van der Waals surface area contributed by atoms with Crippen LogP contribution in [0.4, 0.5) is 0 Å².